The van der Waals surface area contributed by atoms with E-state index in [0.29, 0.717) is 30.5 Å². The van der Waals surface area contributed by atoms with Gasteiger partial charge in [-0.2, -0.15) is 0 Å². The highest BCUT2D eigenvalue weighted by Gasteiger charge is 2.31. The number of halogens is 1. The van der Waals surface area contributed by atoms with Crippen LogP contribution in [0.25, 0.3) is 0 Å². The zero-order valence-electron chi connectivity index (χ0n) is 18.4. The molecule has 1 aromatic carbocycles. The van der Waals surface area contributed by atoms with Crippen LogP contribution in [0.5, 0.6) is 0 Å². The first-order chi connectivity index (χ1) is 15.5. The molecule has 2 heterocycles. The van der Waals surface area contributed by atoms with Crippen LogP contribution in [-0.2, 0) is 16.1 Å². The Balaban J connectivity index is 1.53. The normalized spacial score (nSPS) is 18.4. The number of benzene rings is 1. The summed E-state index contributed by atoms with van der Waals surface area (Å²) < 4.78 is 11.3. The zero-order chi connectivity index (χ0) is 22.5. The van der Waals surface area contributed by atoms with Crippen molar-refractivity contribution in [2.75, 3.05) is 31.2 Å². The van der Waals surface area contributed by atoms with E-state index < -0.39 is 6.04 Å². The van der Waals surface area contributed by atoms with Crippen LogP contribution < -0.4 is 10.2 Å². The van der Waals surface area contributed by atoms with Crippen molar-refractivity contribution in [1.29, 1.82) is 0 Å². The van der Waals surface area contributed by atoms with Gasteiger partial charge in [-0.25, -0.2) is 0 Å². The van der Waals surface area contributed by atoms with Crippen molar-refractivity contribution in [3.05, 3.63) is 52.9 Å². The summed E-state index contributed by atoms with van der Waals surface area (Å²) in [5.41, 5.74) is 0.597. The van der Waals surface area contributed by atoms with Gasteiger partial charge in [-0.15, -0.1) is 0 Å². The standard InChI is InChI=1S/C24H30ClN3O4/c1-17(23(29)26-19-4-2-3-5-19)28(20-8-6-18(25)7-9-20)24(30)22-11-10-21(32-22)16-27-12-14-31-15-13-27/h6-11,17,19H,2-5,12-16H2,1H3,(H,26,29). The Bertz CT molecular complexity index is 918. The molecule has 2 fully saturated rings. The third-order valence-corrected chi connectivity index (χ3v) is 6.40. The minimum atomic E-state index is -0.697. The molecule has 0 bridgehead atoms. The van der Waals surface area contributed by atoms with Gasteiger partial charge in [-0.3, -0.25) is 19.4 Å². The Morgan fingerprint density at radius 1 is 1.12 bits per heavy atom. The van der Waals surface area contributed by atoms with Gasteiger partial charge in [0.05, 0.1) is 19.8 Å². The second kappa shape index (κ2) is 10.5. The maximum Gasteiger partial charge on any atom is 0.294 e. The van der Waals surface area contributed by atoms with Crippen molar-refractivity contribution in [3.63, 3.8) is 0 Å². The smallest absolute Gasteiger partial charge is 0.294 e. The van der Waals surface area contributed by atoms with Gasteiger partial charge in [0.15, 0.2) is 5.76 Å². The van der Waals surface area contributed by atoms with Crippen LogP contribution in [0, 0.1) is 0 Å². The summed E-state index contributed by atoms with van der Waals surface area (Å²) in [7, 11) is 0. The highest BCUT2D eigenvalue weighted by molar-refractivity contribution is 6.30. The highest BCUT2D eigenvalue weighted by atomic mass is 35.5. The van der Waals surface area contributed by atoms with Crippen molar-refractivity contribution in [3.8, 4) is 0 Å². The lowest BCUT2D eigenvalue weighted by Gasteiger charge is -2.29. The van der Waals surface area contributed by atoms with E-state index in [-0.39, 0.29) is 23.6 Å². The first-order valence-electron chi connectivity index (χ1n) is 11.3. The fourth-order valence-corrected chi connectivity index (χ4v) is 4.43. The molecule has 1 saturated heterocycles. The summed E-state index contributed by atoms with van der Waals surface area (Å²) in [4.78, 5) is 30.2. The van der Waals surface area contributed by atoms with Crippen molar-refractivity contribution in [1.82, 2.24) is 10.2 Å². The molecule has 2 aliphatic rings. The van der Waals surface area contributed by atoms with Crippen LogP contribution in [0.3, 0.4) is 0 Å². The van der Waals surface area contributed by atoms with Crippen LogP contribution in [0.1, 0.15) is 48.9 Å². The summed E-state index contributed by atoms with van der Waals surface area (Å²) in [6.45, 7) is 5.43. The molecule has 7 nitrogen and oxygen atoms in total. The summed E-state index contributed by atoms with van der Waals surface area (Å²) in [5, 5.41) is 3.66. The molecule has 8 heteroatoms. The molecule has 2 amide bonds. The summed E-state index contributed by atoms with van der Waals surface area (Å²) >= 11 is 6.05. The minimum Gasteiger partial charge on any atom is -0.455 e. The van der Waals surface area contributed by atoms with Gasteiger partial charge in [-0.05, 0) is 56.2 Å². The highest BCUT2D eigenvalue weighted by Crippen LogP contribution is 2.25. The number of nitrogens with zero attached hydrogens (tertiary/aromatic N) is 2. The number of rotatable bonds is 7. The number of morpholine rings is 1. The fourth-order valence-electron chi connectivity index (χ4n) is 4.30. The quantitative estimate of drug-likeness (QED) is 0.680. The molecule has 0 spiro atoms. The topological polar surface area (TPSA) is 75.0 Å². The number of anilines is 1. The monoisotopic (exact) mass is 459 g/mol. The molecular weight excluding hydrogens is 430 g/mol. The maximum atomic E-state index is 13.5. The lowest BCUT2D eigenvalue weighted by atomic mass is 10.1. The van der Waals surface area contributed by atoms with Gasteiger partial charge in [-0.1, -0.05) is 24.4 Å². The van der Waals surface area contributed by atoms with Gasteiger partial charge in [0, 0.05) is 29.8 Å². The molecule has 1 aromatic heterocycles. The van der Waals surface area contributed by atoms with Crippen LogP contribution in [-0.4, -0.2) is 55.1 Å². The van der Waals surface area contributed by atoms with E-state index in [9.17, 15) is 9.59 Å². The minimum absolute atomic E-state index is 0.166. The molecule has 1 N–H and O–H groups in total. The predicted octanol–water partition coefficient (Wildman–Crippen LogP) is 3.86. The van der Waals surface area contributed by atoms with E-state index >= 15 is 0 Å². The van der Waals surface area contributed by atoms with Crippen LogP contribution >= 0.6 is 11.6 Å². The predicted molar refractivity (Wildman–Crippen MR) is 123 cm³/mol. The number of amides is 2. The number of carbonyl (C=O) groups excluding carboxylic acids is 2. The maximum absolute atomic E-state index is 13.5. The summed E-state index contributed by atoms with van der Waals surface area (Å²) in [6.07, 6.45) is 4.21. The van der Waals surface area contributed by atoms with Crippen LogP contribution in [0.2, 0.25) is 5.02 Å². The molecule has 2 aromatic rings. The average Bonchev–Trinajstić information content (AvgIpc) is 3.48. The van der Waals surface area contributed by atoms with Crippen molar-refractivity contribution < 1.29 is 18.7 Å². The average molecular weight is 460 g/mol. The number of hydrogen-bond acceptors (Lipinski definition) is 5. The number of ether oxygens (including phenoxy) is 1. The van der Waals surface area contributed by atoms with Gasteiger partial charge in [0.1, 0.15) is 11.8 Å². The molecule has 1 aliphatic heterocycles. The largest absolute Gasteiger partial charge is 0.455 e. The lowest BCUT2D eigenvalue weighted by molar-refractivity contribution is -0.122. The second-order valence-corrected chi connectivity index (χ2v) is 8.91. The Kier molecular flexibility index (Phi) is 7.50. The molecule has 1 saturated carbocycles. The molecule has 172 valence electrons. The number of hydrogen-bond donors (Lipinski definition) is 1. The molecule has 1 unspecified atom stereocenters. The number of carbonyl (C=O) groups is 2. The van der Waals surface area contributed by atoms with E-state index in [2.05, 4.69) is 10.2 Å². The molecule has 1 atom stereocenters. The van der Waals surface area contributed by atoms with Crippen molar-refractivity contribution in [2.24, 2.45) is 0 Å². The Hall–Kier alpha value is -2.35. The summed E-state index contributed by atoms with van der Waals surface area (Å²) in [5.74, 6) is 0.410. The Labute approximate surface area is 193 Å². The molecule has 32 heavy (non-hydrogen) atoms. The van der Waals surface area contributed by atoms with Gasteiger partial charge in [0.2, 0.25) is 5.91 Å². The van der Waals surface area contributed by atoms with Crippen molar-refractivity contribution >= 4 is 29.1 Å². The molecule has 1 aliphatic carbocycles. The van der Waals surface area contributed by atoms with E-state index in [0.717, 1.165) is 44.5 Å². The molecule has 4 rings (SSSR count). The first-order valence-corrected chi connectivity index (χ1v) is 11.7. The molecular formula is C24H30ClN3O4. The lowest BCUT2D eigenvalue weighted by Crippen LogP contribution is -2.50. The van der Waals surface area contributed by atoms with Crippen LogP contribution in [0.15, 0.2) is 40.8 Å². The van der Waals surface area contributed by atoms with Crippen LogP contribution in [0.4, 0.5) is 5.69 Å². The van der Waals surface area contributed by atoms with Gasteiger partial charge < -0.3 is 14.5 Å². The zero-order valence-corrected chi connectivity index (χ0v) is 19.1. The Morgan fingerprint density at radius 2 is 1.81 bits per heavy atom. The van der Waals surface area contributed by atoms with E-state index in [1.807, 2.05) is 6.07 Å². The number of furan rings is 1. The summed E-state index contributed by atoms with van der Waals surface area (Å²) in [6, 6.07) is 9.91. The van der Waals surface area contributed by atoms with E-state index in [1.54, 1.807) is 37.3 Å². The first kappa shape index (κ1) is 22.8. The van der Waals surface area contributed by atoms with E-state index in [4.69, 9.17) is 20.8 Å². The number of nitrogens with one attached hydrogen (secondary N) is 1. The van der Waals surface area contributed by atoms with Gasteiger partial charge >= 0.3 is 0 Å². The third kappa shape index (κ3) is 5.52. The third-order valence-electron chi connectivity index (χ3n) is 6.15. The fraction of sp³-hybridized carbons (Fsp3) is 0.500. The van der Waals surface area contributed by atoms with E-state index in [1.165, 1.54) is 4.90 Å². The van der Waals surface area contributed by atoms with Crippen molar-refractivity contribution in [2.45, 2.75) is 51.2 Å². The van der Waals surface area contributed by atoms with Gasteiger partial charge in [0.25, 0.3) is 5.91 Å². The Morgan fingerprint density at radius 3 is 2.50 bits per heavy atom. The SMILES string of the molecule is CC(C(=O)NC1CCCC1)N(C(=O)c1ccc(CN2CCOCC2)o1)c1ccc(Cl)cc1. The second-order valence-electron chi connectivity index (χ2n) is 8.47. The molecule has 0 radical (unpaired) electrons.